The number of hydrogen-bond acceptors (Lipinski definition) is 2. The molecule has 1 aromatic carbocycles. The summed E-state index contributed by atoms with van der Waals surface area (Å²) in [4.78, 5) is 0. The molecule has 0 aliphatic carbocycles. The van der Waals surface area contributed by atoms with Crippen LogP contribution < -0.4 is 10.1 Å². The van der Waals surface area contributed by atoms with Crippen molar-refractivity contribution in [1.29, 1.82) is 0 Å². The Hall–Kier alpha value is -1.02. The van der Waals surface area contributed by atoms with Crippen molar-refractivity contribution in [3.05, 3.63) is 29.8 Å². The summed E-state index contributed by atoms with van der Waals surface area (Å²) in [6.07, 6.45) is 2.61. The van der Waals surface area contributed by atoms with Crippen molar-refractivity contribution >= 4 is 0 Å². The molecule has 1 atom stereocenters. The van der Waals surface area contributed by atoms with Gasteiger partial charge in [-0.1, -0.05) is 32.0 Å². The van der Waals surface area contributed by atoms with E-state index in [2.05, 4.69) is 43.4 Å². The molecular formula is C16H23NO. The van der Waals surface area contributed by atoms with Gasteiger partial charge in [0.15, 0.2) is 0 Å². The zero-order valence-electron chi connectivity index (χ0n) is 11.4. The summed E-state index contributed by atoms with van der Waals surface area (Å²) in [7, 11) is 0. The first-order valence-corrected chi connectivity index (χ1v) is 7.11. The van der Waals surface area contributed by atoms with Gasteiger partial charge >= 0.3 is 0 Å². The molecule has 0 radical (unpaired) electrons. The zero-order valence-corrected chi connectivity index (χ0v) is 11.4. The van der Waals surface area contributed by atoms with E-state index in [9.17, 15) is 0 Å². The molecular weight excluding hydrogens is 222 g/mol. The fraction of sp³-hybridized carbons (Fsp3) is 0.625. The summed E-state index contributed by atoms with van der Waals surface area (Å²) in [5.74, 6) is 2.49. The number of nitrogens with one attached hydrogen (secondary N) is 1. The minimum Gasteiger partial charge on any atom is -0.493 e. The van der Waals surface area contributed by atoms with Crippen LogP contribution in [0.2, 0.25) is 0 Å². The topological polar surface area (TPSA) is 21.3 Å². The lowest BCUT2D eigenvalue weighted by Crippen LogP contribution is -2.54. The molecule has 2 heteroatoms. The first kappa shape index (κ1) is 12.0. The normalized spacial score (nSPS) is 24.5. The maximum Gasteiger partial charge on any atom is 0.122 e. The minimum atomic E-state index is 0.514. The Balaban J connectivity index is 1.73. The number of rotatable bonds is 4. The first-order valence-electron chi connectivity index (χ1n) is 7.11. The summed E-state index contributed by atoms with van der Waals surface area (Å²) in [6, 6.07) is 8.54. The SMILES string of the molecule is CC(C)CC1(CC2COc3ccccc32)CNC1. The van der Waals surface area contributed by atoms with Crippen LogP contribution in [0.4, 0.5) is 0 Å². The molecule has 18 heavy (non-hydrogen) atoms. The maximum absolute atomic E-state index is 5.81. The standard InChI is InChI=1S/C16H23NO/c1-12(2)7-16(10-17-11-16)8-13-9-18-15-6-4-3-5-14(13)15/h3-6,12-13,17H,7-11H2,1-2H3. The molecule has 0 aromatic heterocycles. The number of hydrogen-bond donors (Lipinski definition) is 1. The van der Waals surface area contributed by atoms with Crippen LogP contribution in [0.3, 0.4) is 0 Å². The van der Waals surface area contributed by atoms with Crippen molar-refractivity contribution in [2.24, 2.45) is 11.3 Å². The average Bonchev–Trinajstić information content (AvgIpc) is 2.69. The number of para-hydroxylation sites is 1. The summed E-state index contributed by atoms with van der Waals surface area (Å²) >= 11 is 0. The van der Waals surface area contributed by atoms with Crippen LogP contribution in [0.25, 0.3) is 0 Å². The smallest absolute Gasteiger partial charge is 0.122 e. The van der Waals surface area contributed by atoms with Gasteiger partial charge in [-0.25, -0.2) is 0 Å². The highest BCUT2D eigenvalue weighted by Crippen LogP contribution is 2.44. The van der Waals surface area contributed by atoms with Crippen LogP contribution in [0.5, 0.6) is 5.75 Å². The third-order valence-electron chi connectivity index (χ3n) is 4.32. The fourth-order valence-electron chi connectivity index (χ4n) is 3.64. The Kier molecular flexibility index (Phi) is 3.06. The molecule has 1 unspecified atom stereocenters. The molecule has 98 valence electrons. The molecule has 3 rings (SSSR count). The summed E-state index contributed by atoms with van der Waals surface area (Å²) < 4.78 is 5.81. The molecule has 2 aliphatic rings. The fourth-order valence-corrected chi connectivity index (χ4v) is 3.64. The van der Waals surface area contributed by atoms with Crippen LogP contribution in [0.15, 0.2) is 24.3 Å². The summed E-state index contributed by atoms with van der Waals surface area (Å²) in [6.45, 7) is 7.91. The van der Waals surface area contributed by atoms with Crippen molar-refractivity contribution < 1.29 is 4.74 Å². The highest BCUT2D eigenvalue weighted by atomic mass is 16.5. The predicted octanol–water partition coefficient (Wildman–Crippen LogP) is 3.19. The number of benzene rings is 1. The lowest BCUT2D eigenvalue weighted by Gasteiger charge is -2.45. The minimum absolute atomic E-state index is 0.514. The molecule has 0 spiro atoms. The van der Waals surface area contributed by atoms with Gasteiger partial charge in [-0.2, -0.15) is 0 Å². The Morgan fingerprint density at radius 2 is 2.11 bits per heavy atom. The predicted molar refractivity (Wildman–Crippen MR) is 74.1 cm³/mol. The van der Waals surface area contributed by atoms with Crippen molar-refractivity contribution in [2.75, 3.05) is 19.7 Å². The molecule has 2 aliphatic heterocycles. The van der Waals surface area contributed by atoms with Crippen molar-refractivity contribution in [3.63, 3.8) is 0 Å². The van der Waals surface area contributed by atoms with E-state index in [1.807, 2.05) is 0 Å². The van der Waals surface area contributed by atoms with Gasteiger partial charge in [0.05, 0.1) is 6.61 Å². The lowest BCUT2D eigenvalue weighted by atomic mass is 9.69. The van der Waals surface area contributed by atoms with E-state index >= 15 is 0 Å². The van der Waals surface area contributed by atoms with E-state index in [1.54, 1.807) is 0 Å². The highest BCUT2D eigenvalue weighted by Gasteiger charge is 2.41. The van der Waals surface area contributed by atoms with E-state index in [4.69, 9.17) is 4.74 Å². The largest absolute Gasteiger partial charge is 0.493 e. The Bertz CT molecular complexity index is 423. The average molecular weight is 245 g/mol. The maximum atomic E-state index is 5.81. The molecule has 2 nitrogen and oxygen atoms in total. The van der Waals surface area contributed by atoms with Gasteiger partial charge in [-0.05, 0) is 30.2 Å². The van der Waals surface area contributed by atoms with Gasteiger partial charge in [0.1, 0.15) is 5.75 Å². The van der Waals surface area contributed by atoms with Crippen LogP contribution in [-0.4, -0.2) is 19.7 Å². The monoisotopic (exact) mass is 245 g/mol. The van der Waals surface area contributed by atoms with Gasteiger partial charge in [0, 0.05) is 24.6 Å². The van der Waals surface area contributed by atoms with Crippen LogP contribution in [0, 0.1) is 11.3 Å². The van der Waals surface area contributed by atoms with Crippen LogP contribution in [-0.2, 0) is 0 Å². The second-order valence-electron chi connectivity index (χ2n) is 6.45. The van der Waals surface area contributed by atoms with E-state index < -0.39 is 0 Å². The Morgan fingerprint density at radius 3 is 2.78 bits per heavy atom. The van der Waals surface area contributed by atoms with Crippen molar-refractivity contribution in [3.8, 4) is 5.75 Å². The summed E-state index contributed by atoms with van der Waals surface area (Å²) in [5.41, 5.74) is 1.94. The molecule has 0 saturated carbocycles. The van der Waals surface area contributed by atoms with Gasteiger partial charge in [-0.3, -0.25) is 0 Å². The van der Waals surface area contributed by atoms with Crippen molar-refractivity contribution in [2.45, 2.75) is 32.6 Å². The molecule has 1 saturated heterocycles. The lowest BCUT2D eigenvalue weighted by molar-refractivity contribution is 0.103. The molecule has 1 N–H and O–H groups in total. The molecule has 0 bridgehead atoms. The van der Waals surface area contributed by atoms with Gasteiger partial charge in [0.25, 0.3) is 0 Å². The molecule has 1 aromatic rings. The zero-order chi connectivity index (χ0) is 12.6. The number of ether oxygens (including phenoxy) is 1. The van der Waals surface area contributed by atoms with E-state index in [1.165, 1.54) is 31.5 Å². The third kappa shape index (κ3) is 2.14. The Labute approximate surface area is 110 Å². The third-order valence-corrected chi connectivity index (χ3v) is 4.32. The highest BCUT2D eigenvalue weighted by molar-refractivity contribution is 5.39. The van der Waals surface area contributed by atoms with Gasteiger partial charge in [0.2, 0.25) is 0 Å². The van der Waals surface area contributed by atoms with E-state index in [0.717, 1.165) is 18.3 Å². The van der Waals surface area contributed by atoms with Crippen LogP contribution in [0.1, 0.15) is 38.2 Å². The van der Waals surface area contributed by atoms with E-state index in [0.29, 0.717) is 11.3 Å². The van der Waals surface area contributed by atoms with E-state index in [-0.39, 0.29) is 0 Å². The second-order valence-corrected chi connectivity index (χ2v) is 6.45. The summed E-state index contributed by atoms with van der Waals surface area (Å²) in [5, 5.41) is 3.46. The molecule has 2 heterocycles. The molecule has 1 fully saturated rings. The van der Waals surface area contributed by atoms with Crippen molar-refractivity contribution in [1.82, 2.24) is 5.32 Å². The van der Waals surface area contributed by atoms with Gasteiger partial charge < -0.3 is 10.1 Å². The second kappa shape index (κ2) is 4.58. The quantitative estimate of drug-likeness (QED) is 0.879. The number of fused-ring (bicyclic) bond motifs is 1. The van der Waals surface area contributed by atoms with Crippen LogP contribution >= 0.6 is 0 Å². The molecule has 0 amide bonds. The van der Waals surface area contributed by atoms with Gasteiger partial charge in [-0.15, -0.1) is 0 Å². The Morgan fingerprint density at radius 1 is 1.33 bits per heavy atom. The first-order chi connectivity index (χ1) is 8.69.